The third-order valence-electron chi connectivity index (χ3n) is 7.33. The van der Waals surface area contributed by atoms with Crippen LogP contribution < -0.4 is 4.90 Å². The summed E-state index contributed by atoms with van der Waals surface area (Å²) < 4.78 is 0. The Balaban J connectivity index is 1.42. The first-order valence-electron chi connectivity index (χ1n) is 12.6. The molecular formula is C29H37N3O2. The molecule has 4 rings (SSSR count). The van der Waals surface area contributed by atoms with Gasteiger partial charge in [0.05, 0.1) is 5.92 Å². The van der Waals surface area contributed by atoms with E-state index in [2.05, 4.69) is 49.9 Å². The van der Waals surface area contributed by atoms with Gasteiger partial charge >= 0.3 is 0 Å². The lowest BCUT2D eigenvalue weighted by Crippen LogP contribution is -2.56. The highest BCUT2D eigenvalue weighted by atomic mass is 16.2. The van der Waals surface area contributed by atoms with Crippen molar-refractivity contribution in [2.24, 2.45) is 5.92 Å². The van der Waals surface area contributed by atoms with E-state index in [0.29, 0.717) is 6.54 Å². The van der Waals surface area contributed by atoms with E-state index in [1.165, 1.54) is 11.3 Å². The summed E-state index contributed by atoms with van der Waals surface area (Å²) in [5.41, 5.74) is 3.48. The average Bonchev–Trinajstić information content (AvgIpc) is 3.04. The van der Waals surface area contributed by atoms with E-state index in [1.54, 1.807) is 6.08 Å². The molecule has 2 heterocycles. The summed E-state index contributed by atoms with van der Waals surface area (Å²) in [6, 6.07) is 18.6. The minimum atomic E-state index is -0.144. The summed E-state index contributed by atoms with van der Waals surface area (Å²) in [5, 5.41) is 0. The van der Waals surface area contributed by atoms with E-state index in [4.69, 9.17) is 0 Å². The van der Waals surface area contributed by atoms with E-state index < -0.39 is 0 Å². The maximum atomic E-state index is 13.7. The largest absolute Gasteiger partial charge is 0.365 e. The number of anilines is 1. The molecule has 180 valence electrons. The van der Waals surface area contributed by atoms with Crippen molar-refractivity contribution in [2.75, 3.05) is 31.1 Å². The number of hydrogen-bond acceptors (Lipinski definition) is 3. The molecule has 34 heavy (non-hydrogen) atoms. The third kappa shape index (κ3) is 5.52. The maximum absolute atomic E-state index is 13.7. The quantitative estimate of drug-likeness (QED) is 0.619. The molecule has 0 bridgehead atoms. The standard InChI is InChI=1S/C29H37N3O2/c1-22-10-9-13-26(20-22)31-19-18-30(21-23(31)2)29(34)27-14-7-8-17-32(24(27)3)28(33)16-15-25-11-5-4-6-12-25/h4-6,9-13,15-16,20,23-24,27H,7-8,14,17-19,21H2,1-3H3/b16-15+/t23?,24-,27+/m0/s1. The van der Waals surface area contributed by atoms with Gasteiger partial charge in [0.15, 0.2) is 0 Å². The van der Waals surface area contributed by atoms with Crippen molar-refractivity contribution < 1.29 is 9.59 Å². The molecule has 3 atom stereocenters. The zero-order valence-corrected chi connectivity index (χ0v) is 20.7. The molecule has 1 unspecified atom stereocenters. The Morgan fingerprint density at radius 1 is 0.941 bits per heavy atom. The van der Waals surface area contributed by atoms with Crippen LogP contribution in [0.2, 0.25) is 0 Å². The maximum Gasteiger partial charge on any atom is 0.246 e. The minimum absolute atomic E-state index is 0.00584. The second kappa shape index (κ2) is 10.9. The van der Waals surface area contributed by atoms with Crippen molar-refractivity contribution in [3.63, 3.8) is 0 Å². The van der Waals surface area contributed by atoms with Crippen LogP contribution in [0.25, 0.3) is 6.08 Å². The molecule has 2 aromatic rings. The fourth-order valence-electron chi connectivity index (χ4n) is 5.36. The van der Waals surface area contributed by atoms with Gasteiger partial charge < -0.3 is 14.7 Å². The number of rotatable bonds is 4. The summed E-state index contributed by atoms with van der Waals surface area (Å²) in [7, 11) is 0. The number of aryl methyl sites for hydroxylation is 1. The zero-order valence-electron chi connectivity index (χ0n) is 20.7. The normalized spacial score (nSPS) is 23.7. The summed E-state index contributed by atoms with van der Waals surface area (Å²) in [4.78, 5) is 33.1. The third-order valence-corrected chi connectivity index (χ3v) is 7.33. The lowest BCUT2D eigenvalue weighted by Gasteiger charge is -2.43. The van der Waals surface area contributed by atoms with Crippen molar-refractivity contribution in [1.29, 1.82) is 0 Å². The molecule has 0 aliphatic carbocycles. The van der Waals surface area contributed by atoms with Crippen LogP contribution in [0, 0.1) is 12.8 Å². The average molecular weight is 460 g/mol. The number of likely N-dealkylation sites (tertiary alicyclic amines) is 1. The topological polar surface area (TPSA) is 43.9 Å². The molecule has 2 saturated heterocycles. The van der Waals surface area contributed by atoms with Gasteiger partial charge in [0.1, 0.15) is 0 Å². The van der Waals surface area contributed by atoms with E-state index in [1.807, 2.05) is 46.2 Å². The molecule has 2 amide bonds. The minimum Gasteiger partial charge on any atom is -0.365 e. The Labute approximate surface area is 204 Å². The van der Waals surface area contributed by atoms with Gasteiger partial charge in [0.25, 0.3) is 0 Å². The molecule has 0 spiro atoms. The highest BCUT2D eigenvalue weighted by molar-refractivity contribution is 5.92. The Morgan fingerprint density at radius 3 is 2.47 bits per heavy atom. The molecule has 2 aliphatic rings. The van der Waals surface area contributed by atoms with Gasteiger partial charge in [-0.1, -0.05) is 48.9 Å². The molecule has 2 aromatic carbocycles. The van der Waals surface area contributed by atoms with Crippen LogP contribution in [0.3, 0.4) is 0 Å². The van der Waals surface area contributed by atoms with E-state index in [9.17, 15) is 9.59 Å². The van der Waals surface area contributed by atoms with E-state index in [0.717, 1.165) is 44.5 Å². The monoisotopic (exact) mass is 459 g/mol. The van der Waals surface area contributed by atoms with Crippen LogP contribution in [0.5, 0.6) is 0 Å². The van der Waals surface area contributed by atoms with Crippen LogP contribution in [0.1, 0.15) is 44.2 Å². The molecule has 5 nitrogen and oxygen atoms in total. The Bertz CT molecular complexity index is 1020. The van der Waals surface area contributed by atoms with Gasteiger partial charge in [0, 0.05) is 50.0 Å². The van der Waals surface area contributed by atoms with Gasteiger partial charge in [-0.25, -0.2) is 0 Å². The number of nitrogens with zero attached hydrogens (tertiary/aromatic N) is 3. The molecular weight excluding hydrogens is 422 g/mol. The van der Waals surface area contributed by atoms with Gasteiger partial charge in [0.2, 0.25) is 11.8 Å². The lowest BCUT2D eigenvalue weighted by molar-refractivity contribution is -0.140. The highest BCUT2D eigenvalue weighted by Crippen LogP contribution is 2.28. The van der Waals surface area contributed by atoms with Crippen molar-refractivity contribution >= 4 is 23.6 Å². The fraction of sp³-hybridized carbons (Fsp3) is 0.448. The Hall–Kier alpha value is -3.08. The van der Waals surface area contributed by atoms with Crippen molar-refractivity contribution in [3.05, 3.63) is 71.8 Å². The predicted octanol–water partition coefficient (Wildman–Crippen LogP) is 4.76. The fourth-order valence-corrected chi connectivity index (χ4v) is 5.36. The number of carbonyl (C=O) groups is 2. The van der Waals surface area contributed by atoms with Gasteiger partial charge in [-0.05, 0) is 62.9 Å². The van der Waals surface area contributed by atoms with Crippen LogP contribution in [-0.4, -0.2) is 59.9 Å². The van der Waals surface area contributed by atoms with E-state index in [-0.39, 0.29) is 29.8 Å². The first kappa shape index (κ1) is 24.1. The van der Waals surface area contributed by atoms with Gasteiger partial charge in [-0.15, -0.1) is 0 Å². The van der Waals surface area contributed by atoms with Crippen LogP contribution in [0.4, 0.5) is 5.69 Å². The van der Waals surface area contributed by atoms with Crippen molar-refractivity contribution in [1.82, 2.24) is 9.80 Å². The van der Waals surface area contributed by atoms with Gasteiger partial charge in [-0.3, -0.25) is 9.59 Å². The molecule has 0 radical (unpaired) electrons. The number of amides is 2. The summed E-state index contributed by atoms with van der Waals surface area (Å²) >= 11 is 0. The molecule has 2 fully saturated rings. The zero-order chi connectivity index (χ0) is 24.1. The Kier molecular flexibility index (Phi) is 7.71. The smallest absolute Gasteiger partial charge is 0.246 e. The second-order valence-electron chi connectivity index (χ2n) is 9.78. The number of carbonyl (C=O) groups excluding carboxylic acids is 2. The van der Waals surface area contributed by atoms with Crippen LogP contribution in [0.15, 0.2) is 60.7 Å². The highest BCUT2D eigenvalue weighted by Gasteiger charge is 2.37. The summed E-state index contributed by atoms with van der Waals surface area (Å²) in [6.07, 6.45) is 6.28. The molecule has 0 aromatic heterocycles. The molecule has 0 N–H and O–H groups in total. The SMILES string of the molecule is Cc1cccc(N2CCN(C(=O)[C@@H]3CCCCN(C(=O)/C=C/c4ccccc4)[C@H]3C)CC2C)c1. The van der Waals surface area contributed by atoms with Crippen molar-refractivity contribution in [2.45, 2.75) is 52.1 Å². The second-order valence-corrected chi connectivity index (χ2v) is 9.78. The van der Waals surface area contributed by atoms with Gasteiger partial charge in [-0.2, -0.15) is 0 Å². The first-order chi connectivity index (χ1) is 16.4. The summed E-state index contributed by atoms with van der Waals surface area (Å²) in [5.74, 6) is 0.0537. The first-order valence-corrected chi connectivity index (χ1v) is 12.6. The summed E-state index contributed by atoms with van der Waals surface area (Å²) in [6.45, 7) is 9.35. The molecule has 2 aliphatic heterocycles. The number of hydrogen-bond donors (Lipinski definition) is 0. The van der Waals surface area contributed by atoms with E-state index >= 15 is 0 Å². The molecule has 5 heteroatoms. The van der Waals surface area contributed by atoms with Crippen LogP contribution >= 0.6 is 0 Å². The predicted molar refractivity (Wildman–Crippen MR) is 139 cm³/mol. The Morgan fingerprint density at radius 2 is 1.74 bits per heavy atom. The number of benzene rings is 2. The number of piperazine rings is 1. The van der Waals surface area contributed by atoms with Crippen molar-refractivity contribution in [3.8, 4) is 0 Å². The van der Waals surface area contributed by atoms with Crippen LogP contribution in [-0.2, 0) is 9.59 Å². The lowest BCUT2D eigenvalue weighted by atomic mass is 9.93. The molecule has 0 saturated carbocycles.